The van der Waals surface area contributed by atoms with Crippen molar-refractivity contribution in [2.75, 3.05) is 6.54 Å². The Kier molecular flexibility index (Phi) is 4.75. The smallest absolute Gasteiger partial charge is 0.269 e. The summed E-state index contributed by atoms with van der Waals surface area (Å²) >= 11 is 3.27. The molecule has 0 bridgehead atoms. The summed E-state index contributed by atoms with van der Waals surface area (Å²) in [7, 11) is 0. The maximum absolute atomic E-state index is 11.9. The third-order valence-electron chi connectivity index (χ3n) is 3.54. The van der Waals surface area contributed by atoms with Gasteiger partial charge in [0.25, 0.3) is 5.91 Å². The van der Waals surface area contributed by atoms with E-state index >= 15 is 0 Å². The van der Waals surface area contributed by atoms with Crippen LogP contribution in [0.4, 0.5) is 0 Å². The number of carbonyl (C=O) groups excluding carboxylic acids is 1. The van der Waals surface area contributed by atoms with E-state index in [9.17, 15) is 4.79 Å². The summed E-state index contributed by atoms with van der Waals surface area (Å²) in [5.74, 6) is 1.35. The zero-order valence-corrected chi connectivity index (χ0v) is 12.2. The number of amides is 1. The SMILES string of the molecule is CC1CCCC(CNC(=O)c2cccc(Br)n2)C1. The molecule has 98 valence electrons. The van der Waals surface area contributed by atoms with Gasteiger partial charge in [-0.05, 0) is 52.7 Å². The van der Waals surface area contributed by atoms with E-state index in [1.807, 2.05) is 12.1 Å². The summed E-state index contributed by atoms with van der Waals surface area (Å²) < 4.78 is 0.696. The van der Waals surface area contributed by atoms with E-state index in [1.165, 1.54) is 25.7 Å². The van der Waals surface area contributed by atoms with Gasteiger partial charge in [0.05, 0.1) is 0 Å². The summed E-state index contributed by atoms with van der Waals surface area (Å²) in [5, 5.41) is 2.99. The average Bonchev–Trinajstić information content (AvgIpc) is 2.36. The maximum Gasteiger partial charge on any atom is 0.269 e. The zero-order chi connectivity index (χ0) is 13.0. The van der Waals surface area contributed by atoms with Crippen molar-refractivity contribution in [1.29, 1.82) is 0 Å². The number of halogens is 1. The first-order chi connectivity index (χ1) is 8.65. The standard InChI is InChI=1S/C14H19BrN2O/c1-10-4-2-5-11(8-10)9-16-14(18)12-6-3-7-13(15)17-12/h3,6-7,10-11H,2,4-5,8-9H2,1H3,(H,16,18). The Hall–Kier alpha value is -0.900. The molecule has 1 fully saturated rings. The van der Waals surface area contributed by atoms with Gasteiger partial charge in [-0.2, -0.15) is 0 Å². The van der Waals surface area contributed by atoms with Crippen molar-refractivity contribution in [3.63, 3.8) is 0 Å². The van der Waals surface area contributed by atoms with E-state index in [-0.39, 0.29) is 5.91 Å². The van der Waals surface area contributed by atoms with Crippen LogP contribution in [0.5, 0.6) is 0 Å². The Balaban J connectivity index is 1.84. The molecule has 1 N–H and O–H groups in total. The second kappa shape index (κ2) is 6.32. The van der Waals surface area contributed by atoms with Crippen LogP contribution < -0.4 is 5.32 Å². The van der Waals surface area contributed by atoms with Crippen LogP contribution in [0.25, 0.3) is 0 Å². The molecule has 0 radical (unpaired) electrons. The second-order valence-electron chi connectivity index (χ2n) is 5.19. The van der Waals surface area contributed by atoms with Gasteiger partial charge in [0.15, 0.2) is 0 Å². The van der Waals surface area contributed by atoms with Gasteiger partial charge < -0.3 is 5.32 Å². The average molecular weight is 311 g/mol. The van der Waals surface area contributed by atoms with Crippen LogP contribution in [0.1, 0.15) is 43.1 Å². The largest absolute Gasteiger partial charge is 0.350 e. The monoisotopic (exact) mass is 310 g/mol. The summed E-state index contributed by atoms with van der Waals surface area (Å²) in [6.45, 7) is 3.07. The summed E-state index contributed by atoms with van der Waals surface area (Å²) in [4.78, 5) is 16.1. The van der Waals surface area contributed by atoms with Crippen LogP contribution in [0.3, 0.4) is 0 Å². The second-order valence-corrected chi connectivity index (χ2v) is 6.01. The van der Waals surface area contributed by atoms with Gasteiger partial charge >= 0.3 is 0 Å². The predicted octanol–water partition coefficient (Wildman–Crippen LogP) is 3.40. The van der Waals surface area contributed by atoms with Crippen LogP contribution in [-0.4, -0.2) is 17.4 Å². The van der Waals surface area contributed by atoms with Crippen LogP contribution in [0.2, 0.25) is 0 Å². The highest BCUT2D eigenvalue weighted by atomic mass is 79.9. The Bertz CT molecular complexity index is 422. The maximum atomic E-state index is 11.9. The highest BCUT2D eigenvalue weighted by molar-refractivity contribution is 9.10. The van der Waals surface area contributed by atoms with Gasteiger partial charge in [-0.15, -0.1) is 0 Å². The van der Waals surface area contributed by atoms with Crippen LogP contribution >= 0.6 is 15.9 Å². The Morgan fingerprint density at radius 2 is 2.33 bits per heavy atom. The lowest BCUT2D eigenvalue weighted by Gasteiger charge is -2.26. The summed E-state index contributed by atoms with van der Waals surface area (Å²) in [6.07, 6.45) is 5.08. The summed E-state index contributed by atoms with van der Waals surface area (Å²) in [5.41, 5.74) is 0.480. The number of hydrogen-bond donors (Lipinski definition) is 1. The molecule has 2 atom stereocenters. The normalized spacial score (nSPS) is 23.7. The Labute approximate surface area is 117 Å². The topological polar surface area (TPSA) is 42.0 Å². The lowest BCUT2D eigenvalue weighted by Crippen LogP contribution is -2.31. The van der Waals surface area contributed by atoms with E-state index in [0.29, 0.717) is 16.2 Å². The molecule has 1 heterocycles. The van der Waals surface area contributed by atoms with Crippen LogP contribution in [-0.2, 0) is 0 Å². The zero-order valence-electron chi connectivity index (χ0n) is 10.7. The molecule has 18 heavy (non-hydrogen) atoms. The molecule has 1 aliphatic carbocycles. The predicted molar refractivity (Wildman–Crippen MR) is 75.4 cm³/mol. The Morgan fingerprint density at radius 3 is 3.06 bits per heavy atom. The number of hydrogen-bond acceptors (Lipinski definition) is 2. The van der Waals surface area contributed by atoms with Gasteiger partial charge in [0, 0.05) is 6.54 Å². The molecule has 1 aromatic rings. The number of nitrogens with zero attached hydrogens (tertiary/aromatic N) is 1. The van der Waals surface area contributed by atoms with Gasteiger partial charge in [-0.1, -0.05) is 25.8 Å². The fraction of sp³-hybridized carbons (Fsp3) is 0.571. The van der Waals surface area contributed by atoms with E-state index in [4.69, 9.17) is 0 Å². The third-order valence-corrected chi connectivity index (χ3v) is 3.99. The van der Waals surface area contributed by atoms with Crippen molar-refractivity contribution >= 4 is 21.8 Å². The lowest BCUT2D eigenvalue weighted by atomic mass is 9.82. The molecule has 1 saturated carbocycles. The van der Waals surface area contributed by atoms with E-state index < -0.39 is 0 Å². The molecule has 0 aromatic carbocycles. The molecule has 2 unspecified atom stereocenters. The quantitative estimate of drug-likeness (QED) is 0.869. The van der Waals surface area contributed by atoms with Crippen molar-refractivity contribution < 1.29 is 4.79 Å². The molecule has 1 aromatic heterocycles. The van der Waals surface area contributed by atoms with Crippen molar-refractivity contribution in [2.24, 2.45) is 11.8 Å². The number of carbonyl (C=O) groups is 1. The van der Waals surface area contributed by atoms with Crippen molar-refractivity contribution in [2.45, 2.75) is 32.6 Å². The van der Waals surface area contributed by atoms with Gasteiger partial charge in [-0.3, -0.25) is 4.79 Å². The first-order valence-electron chi connectivity index (χ1n) is 6.56. The van der Waals surface area contributed by atoms with E-state index in [0.717, 1.165) is 12.5 Å². The van der Waals surface area contributed by atoms with E-state index in [1.54, 1.807) is 6.07 Å². The minimum absolute atomic E-state index is 0.0745. The van der Waals surface area contributed by atoms with Gasteiger partial charge in [0.1, 0.15) is 10.3 Å². The lowest BCUT2D eigenvalue weighted by molar-refractivity contribution is 0.0935. The minimum atomic E-state index is -0.0745. The molecule has 4 heteroatoms. The van der Waals surface area contributed by atoms with Crippen LogP contribution in [0.15, 0.2) is 22.8 Å². The fourth-order valence-electron chi connectivity index (χ4n) is 2.61. The molecule has 2 rings (SSSR count). The van der Waals surface area contributed by atoms with E-state index in [2.05, 4.69) is 33.2 Å². The van der Waals surface area contributed by atoms with Crippen molar-refractivity contribution in [1.82, 2.24) is 10.3 Å². The number of pyridine rings is 1. The molecule has 3 nitrogen and oxygen atoms in total. The number of rotatable bonds is 3. The molecule has 0 saturated heterocycles. The highest BCUT2D eigenvalue weighted by Crippen LogP contribution is 2.27. The van der Waals surface area contributed by atoms with Gasteiger partial charge in [0.2, 0.25) is 0 Å². The highest BCUT2D eigenvalue weighted by Gasteiger charge is 2.19. The van der Waals surface area contributed by atoms with Crippen molar-refractivity contribution in [3.8, 4) is 0 Å². The molecule has 1 aliphatic rings. The molecular weight excluding hydrogens is 292 g/mol. The third kappa shape index (κ3) is 3.80. The Morgan fingerprint density at radius 1 is 1.50 bits per heavy atom. The summed E-state index contributed by atoms with van der Waals surface area (Å²) in [6, 6.07) is 5.39. The van der Waals surface area contributed by atoms with Crippen LogP contribution in [0, 0.1) is 11.8 Å². The molecular formula is C14H19BrN2O. The number of nitrogens with one attached hydrogen (secondary N) is 1. The minimum Gasteiger partial charge on any atom is -0.350 e. The van der Waals surface area contributed by atoms with Crippen molar-refractivity contribution in [3.05, 3.63) is 28.5 Å². The van der Waals surface area contributed by atoms with Gasteiger partial charge in [-0.25, -0.2) is 4.98 Å². The molecule has 0 spiro atoms. The first-order valence-corrected chi connectivity index (χ1v) is 7.35. The number of aromatic nitrogens is 1. The first kappa shape index (κ1) is 13.5. The fourth-order valence-corrected chi connectivity index (χ4v) is 2.95. The molecule has 1 amide bonds. The molecule has 0 aliphatic heterocycles.